The Hall–Kier alpha value is -1.95. The van der Waals surface area contributed by atoms with Gasteiger partial charge in [-0.2, -0.15) is 5.10 Å². The maximum Gasteiger partial charge on any atom is 0.256 e. The average Bonchev–Trinajstić information content (AvgIpc) is 3.30. The maximum atomic E-state index is 12.0. The summed E-state index contributed by atoms with van der Waals surface area (Å²) < 4.78 is 1.87. The van der Waals surface area contributed by atoms with E-state index in [9.17, 15) is 4.79 Å². The van der Waals surface area contributed by atoms with Gasteiger partial charge in [0.25, 0.3) is 5.91 Å². The average molecular weight is 327 g/mol. The number of amides is 1. The van der Waals surface area contributed by atoms with Crippen LogP contribution in [0.4, 0.5) is 0 Å². The fourth-order valence-electron chi connectivity index (χ4n) is 4.36. The molecule has 128 valence electrons. The minimum atomic E-state index is -0.133. The molecule has 3 heterocycles. The molecule has 0 unspecified atom stereocenters. The third kappa shape index (κ3) is 2.69. The summed E-state index contributed by atoms with van der Waals surface area (Å²) in [6, 6.07) is 2.83. The fraction of sp³-hybridized carbons (Fsp3) is 0.611. The van der Waals surface area contributed by atoms with Gasteiger partial charge in [0.15, 0.2) is 5.65 Å². The zero-order chi connectivity index (χ0) is 16.5. The zero-order valence-electron chi connectivity index (χ0n) is 14.2. The molecule has 6 heteroatoms. The lowest BCUT2D eigenvalue weighted by Gasteiger charge is -2.36. The highest BCUT2D eigenvalue weighted by Gasteiger charge is 2.30. The summed E-state index contributed by atoms with van der Waals surface area (Å²) >= 11 is 0. The van der Waals surface area contributed by atoms with E-state index >= 15 is 0 Å². The van der Waals surface area contributed by atoms with Crippen LogP contribution in [0.2, 0.25) is 0 Å². The van der Waals surface area contributed by atoms with Crippen molar-refractivity contribution in [3.63, 3.8) is 0 Å². The monoisotopic (exact) mass is 327 g/mol. The van der Waals surface area contributed by atoms with E-state index in [1.807, 2.05) is 10.7 Å². The minimum Gasteiger partial charge on any atom is -0.355 e. The van der Waals surface area contributed by atoms with E-state index in [2.05, 4.69) is 26.4 Å². The third-order valence-corrected chi connectivity index (χ3v) is 5.61. The number of fused-ring (bicyclic) bond motifs is 1. The minimum absolute atomic E-state index is 0.133. The first-order valence-electron chi connectivity index (χ1n) is 9.06. The second kappa shape index (κ2) is 6.51. The summed E-state index contributed by atoms with van der Waals surface area (Å²) in [4.78, 5) is 19.1. The second-order valence-corrected chi connectivity index (χ2v) is 7.01. The summed E-state index contributed by atoms with van der Waals surface area (Å²) in [5.41, 5.74) is 2.38. The molecule has 2 aliphatic rings. The lowest BCUT2D eigenvalue weighted by atomic mass is 9.93. The number of piperidine rings is 1. The molecule has 0 spiro atoms. The van der Waals surface area contributed by atoms with Gasteiger partial charge >= 0.3 is 0 Å². The van der Waals surface area contributed by atoms with Gasteiger partial charge in [0, 0.05) is 31.7 Å². The summed E-state index contributed by atoms with van der Waals surface area (Å²) in [5, 5.41) is 7.12. The number of hydrogen-bond donors (Lipinski definition) is 1. The van der Waals surface area contributed by atoms with Gasteiger partial charge in [-0.05, 0) is 38.3 Å². The molecule has 2 aromatic heterocycles. The number of hydrogen-bond acceptors (Lipinski definition) is 4. The van der Waals surface area contributed by atoms with Crippen molar-refractivity contribution >= 4 is 11.6 Å². The van der Waals surface area contributed by atoms with Crippen LogP contribution in [0.15, 0.2) is 18.5 Å². The summed E-state index contributed by atoms with van der Waals surface area (Å²) in [7, 11) is 1.64. The van der Waals surface area contributed by atoms with Crippen molar-refractivity contribution in [3.8, 4) is 0 Å². The van der Waals surface area contributed by atoms with Crippen LogP contribution in [0, 0.1) is 0 Å². The van der Waals surface area contributed by atoms with Gasteiger partial charge < -0.3 is 5.32 Å². The van der Waals surface area contributed by atoms with Crippen molar-refractivity contribution in [3.05, 3.63) is 29.7 Å². The van der Waals surface area contributed by atoms with Crippen molar-refractivity contribution in [1.29, 1.82) is 0 Å². The number of nitrogens with zero attached hydrogens (tertiary/aromatic N) is 4. The van der Waals surface area contributed by atoms with Gasteiger partial charge in [-0.3, -0.25) is 9.69 Å². The number of carbonyl (C=O) groups excluding carboxylic acids is 1. The molecule has 0 radical (unpaired) electrons. The molecule has 1 saturated heterocycles. The first-order chi connectivity index (χ1) is 11.8. The Morgan fingerprint density at radius 1 is 1.25 bits per heavy atom. The molecular formula is C18H25N5O. The molecule has 0 bridgehead atoms. The Kier molecular flexibility index (Phi) is 4.22. The molecule has 6 nitrogen and oxygen atoms in total. The van der Waals surface area contributed by atoms with Crippen molar-refractivity contribution in [2.75, 3.05) is 20.1 Å². The number of rotatable bonds is 3. The number of aromatic nitrogens is 3. The standard InChI is InChI=1S/C18H25N5O/c1-19-18(24)15-11-21-23-16(8-9-20-17(15)23)13-5-4-10-22(12-13)14-6-2-3-7-14/h8-9,11,13-14H,2-7,10,12H2,1H3,(H,19,24)/t13-/m0/s1. The molecule has 24 heavy (non-hydrogen) atoms. The maximum absolute atomic E-state index is 12.0. The number of nitrogens with one attached hydrogen (secondary N) is 1. The molecule has 2 aromatic rings. The SMILES string of the molecule is CNC(=O)c1cnn2c([C@H]3CCCN(C4CCCC4)C3)ccnc12. The molecule has 1 saturated carbocycles. The fourth-order valence-corrected chi connectivity index (χ4v) is 4.36. The highest BCUT2D eigenvalue weighted by Crippen LogP contribution is 2.32. The number of carbonyl (C=O) groups is 1. The summed E-state index contributed by atoms with van der Waals surface area (Å²) in [6.07, 6.45) is 11.3. The number of likely N-dealkylation sites (tertiary alicyclic amines) is 1. The van der Waals surface area contributed by atoms with Crippen LogP contribution in [0.5, 0.6) is 0 Å². The molecule has 4 rings (SSSR count). The van der Waals surface area contributed by atoms with E-state index in [1.54, 1.807) is 13.2 Å². The summed E-state index contributed by atoms with van der Waals surface area (Å²) in [5.74, 6) is 0.327. The van der Waals surface area contributed by atoms with Crippen LogP contribution in [0.25, 0.3) is 5.65 Å². The second-order valence-electron chi connectivity index (χ2n) is 7.01. The molecule has 1 N–H and O–H groups in total. The highest BCUT2D eigenvalue weighted by atomic mass is 16.1. The van der Waals surface area contributed by atoms with Gasteiger partial charge in [-0.15, -0.1) is 0 Å². The van der Waals surface area contributed by atoms with E-state index < -0.39 is 0 Å². The summed E-state index contributed by atoms with van der Waals surface area (Å²) in [6.45, 7) is 2.32. The zero-order valence-corrected chi connectivity index (χ0v) is 14.2. The Labute approximate surface area is 142 Å². The van der Waals surface area contributed by atoms with E-state index in [0.29, 0.717) is 17.1 Å². The van der Waals surface area contributed by atoms with E-state index in [1.165, 1.54) is 50.8 Å². The van der Waals surface area contributed by atoms with Gasteiger partial charge in [-0.1, -0.05) is 12.8 Å². The molecule has 0 aromatic carbocycles. The van der Waals surface area contributed by atoms with E-state index in [4.69, 9.17) is 0 Å². The van der Waals surface area contributed by atoms with Crippen LogP contribution in [0.3, 0.4) is 0 Å². The van der Waals surface area contributed by atoms with Crippen LogP contribution >= 0.6 is 0 Å². The lowest BCUT2D eigenvalue weighted by molar-refractivity contribution is 0.0964. The van der Waals surface area contributed by atoms with Gasteiger partial charge in [0.2, 0.25) is 0 Å². The van der Waals surface area contributed by atoms with Crippen molar-refractivity contribution < 1.29 is 4.79 Å². The Morgan fingerprint density at radius 3 is 2.88 bits per heavy atom. The van der Waals surface area contributed by atoms with Crippen molar-refractivity contribution in [2.45, 2.75) is 50.5 Å². The Balaban J connectivity index is 1.63. The quantitative estimate of drug-likeness (QED) is 0.939. The van der Waals surface area contributed by atoms with Crippen LogP contribution in [-0.4, -0.2) is 51.6 Å². The molecular weight excluding hydrogens is 302 g/mol. The molecule has 1 amide bonds. The lowest BCUT2D eigenvalue weighted by Crippen LogP contribution is -2.41. The molecule has 1 atom stereocenters. The normalized spacial score (nSPS) is 23.0. The van der Waals surface area contributed by atoms with E-state index in [-0.39, 0.29) is 5.91 Å². The smallest absolute Gasteiger partial charge is 0.256 e. The third-order valence-electron chi connectivity index (χ3n) is 5.61. The van der Waals surface area contributed by atoms with Gasteiger partial charge in [0.05, 0.1) is 11.9 Å². The largest absolute Gasteiger partial charge is 0.355 e. The van der Waals surface area contributed by atoms with Crippen LogP contribution < -0.4 is 5.32 Å². The molecule has 2 fully saturated rings. The van der Waals surface area contributed by atoms with Crippen molar-refractivity contribution in [1.82, 2.24) is 24.8 Å². The van der Waals surface area contributed by atoms with Crippen molar-refractivity contribution in [2.24, 2.45) is 0 Å². The highest BCUT2D eigenvalue weighted by molar-refractivity contribution is 5.99. The Morgan fingerprint density at radius 2 is 2.08 bits per heavy atom. The van der Waals surface area contributed by atoms with E-state index in [0.717, 1.165) is 12.6 Å². The van der Waals surface area contributed by atoms with Crippen LogP contribution in [0.1, 0.15) is 60.5 Å². The van der Waals surface area contributed by atoms with Gasteiger partial charge in [-0.25, -0.2) is 9.50 Å². The Bertz CT molecular complexity index is 734. The first-order valence-corrected chi connectivity index (χ1v) is 9.06. The topological polar surface area (TPSA) is 62.5 Å². The van der Waals surface area contributed by atoms with Crippen LogP contribution in [-0.2, 0) is 0 Å². The van der Waals surface area contributed by atoms with Gasteiger partial charge in [0.1, 0.15) is 5.56 Å². The predicted molar refractivity (Wildman–Crippen MR) is 92.2 cm³/mol. The molecule has 1 aliphatic carbocycles. The first kappa shape index (κ1) is 15.6. The predicted octanol–water partition coefficient (Wildman–Crippen LogP) is 2.21. The molecule has 1 aliphatic heterocycles.